The Labute approximate surface area is 219 Å². The minimum absolute atomic E-state index is 0.0819. The van der Waals surface area contributed by atoms with E-state index in [1.807, 2.05) is 48.5 Å². The van der Waals surface area contributed by atoms with Crippen molar-refractivity contribution in [3.05, 3.63) is 95.6 Å². The number of hydrogen-bond acceptors (Lipinski definition) is 6. The molecule has 0 heterocycles. The number of ether oxygens (including phenoxy) is 3. The van der Waals surface area contributed by atoms with E-state index in [0.717, 1.165) is 43.7 Å². The molecule has 0 spiro atoms. The molecule has 1 aliphatic rings. The molecule has 2 atom stereocenters. The number of carbonyl (C=O) groups is 1. The van der Waals surface area contributed by atoms with Gasteiger partial charge in [-0.2, -0.15) is 0 Å². The smallest absolute Gasteiger partial charge is 0.344 e. The summed E-state index contributed by atoms with van der Waals surface area (Å²) in [6.45, 7) is 3.56. The Kier molecular flexibility index (Phi) is 9.97. The van der Waals surface area contributed by atoms with Crippen LogP contribution in [0.25, 0.3) is 0 Å². The number of hydrogen-bond donors (Lipinski definition) is 1. The van der Waals surface area contributed by atoms with Gasteiger partial charge in [0.15, 0.2) is 6.61 Å². The van der Waals surface area contributed by atoms with Gasteiger partial charge in [-0.25, -0.2) is 4.79 Å². The highest BCUT2D eigenvalue weighted by atomic mass is 16.6. The van der Waals surface area contributed by atoms with Crippen LogP contribution in [-0.4, -0.2) is 54.5 Å². The summed E-state index contributed by atoms with van der Waals surface area (Å²) in [5.74, 6) is 1.17. The zero-order chi connectivity index (χ0) is 25.9. The predicted octanol–water partition coefficient (Wildman–Crippen LogP) is 4.82. The number of rotatable bonds is 12. The Balaban J connectivity index is 1.47. The monoisotopic (exact) mass is 503 g/mol. The van der Waals surface area contributed by atoms with Crippen LogP contribution in [0.15, 0.2) is 78.9 Å². The normalized spacial score (nSPS) is 15.9. The molecular weight excluding hydrogens is 466 g/mol. The lowest BCUT2D eigenvalue weighted by atomic mass is 9.99. The number of esters is 1. The second-order valence-electron chi connectivity index (χ2n) is 9.43. The van der Waals surface area contributed by atoms with Gasteiger partial charge in [0.05, 0.1) is 6.61 Å². The molecular formula is C31H37NO5. The van der Waals surface area contributed by atoms with Gasteiger partial charge in [-0.15, -0.1) is 0 Å². The lowest BCUT2D eigenvalue weighted by Crippen LogP contribution is -2.42. The molecule has 0 aromatic heterocycles. The first kappa shape index (κ1) is 26.7. The highest BCUT2D eigenvalue weighted by Crippen LogP contribution is 2.31. The van der Waals surface area contributed by atoms with E-state index in [9.17, 15) is 9.90 Å². The molecule has 0 aliphatic heterocycles. The number of aliphatic hydroxyl groups is 1. The van der Waals surface area contributed by atoms with Crippen LogP contribution in [0.1, 0.15) is 36.5 Å². The maximum absolute atomic E-state index is 11.8. The molecule has 1 unspecified atom stereocenters. The van der Waals surface area contributed by atoms with Gasteiger partial charge in [-0.3, -0.25) is 4.90 Å². The third kappa shape index (κ3) is 8.07. The van der Waals surface area contributed by atoms with Crippen LogP contribution < -0.4 is 9.47 Å². The van der Waals surface area contributed by atoms with Gasteiger partial charge < -0.3 is 19.3 Å². The average Bonchev–Trinajstić information content (AvgIpc) is 3.15. The largest absolute Gasteiger partial charge is 0.491 e. The standard InChI is InChI=1S/C31H37NO5/c1-2-35-31(34)23-37-30-18-9-13-25-19-26(14-10-17-29(25)30)32(20-24-11-5-3-6-12-24)21-27(33)22-36-28-15-7-4-8-16-28/h3-9,11-13,15-16,18,26-27,33H,2,10,14,17,19-23H2,1H3/t26?,27-/m0/s1. The summed E-state index contributed by atoms with van der Waals surface area (Å²) >= 11 is 0. The summed E-state index contributed by atoms with van der Waals surface area (Å²) in [4.78, 5) is 14.2. The maximum atomic E-state index is 11.8. The second kappa shape index (κ2) is 13.8. The summed E-state index contributed by atoms with van der Waals surface area (Å²) in [5, 5.41) is 10.9. The van der Waals surface area contributed by atoms with Gasteiger partial charge >= 0.3 is 5.97 Å². The number of fused-ring (bicyclic) bond motifs is 1. The Bertz CT molecular complexity index is 1110. The Hall–Kier alpha value is -3.35. The number of para-hydroxylation sites is 1. The Morgan fingerprint density at radius 2 is 1.76 bits per heavy atom. The molecule has 37 heavy (non-hydrogen) atoms. The van der Waals surface area contributed by atoms with Crippen molar-refractivity contribution in [1.29, 1.82) is 0 Å². The van der Waals surface area contributed by atoms with Crippen molar-refractivity contribution in [2.24, 2.45) is 0 Å². The van der Waals surface area contributed by atoms with E-state index in [2.05, 4.69) is 35.2 Å². The van der Waals surface area contributed by atoms with Gasteiger partial charge in [0.1, 0.15) is 24.2 Å². The van der Waals surface area contributed by atoms with Crippen LogP contribution in [0.5, 0.6) is 11.5 Å². The molecule has 3 aromatic carbocycles. The van der Waals surface area contributed by atoms with Crippen LogP contribution in [0.2, 0.25) is 0 Å². The van der Waals surface area contributed by atoms with E-state index >= 15 is 0 Å². The van der Waals surface area contributed by atoms with E-state index in [-0.39, 0.29) is 25.2 Å². The second-order valence-corrected chi connectivity index (χ2v) is 9.43. The fourth-order valence-electron chi connectivity index (χ4n) is 4.94. The van der Waals surface area contributed by atoms with Gasteiger partial charge in [0.2, 0.25) is 0 Å². The molecule has 3 aromatic rings. The molecule has 0 saturated carbocycles. The van der Waals surface area contributed by atoms with Crippen LogP contribution in [0.4, 0.5) is 0 Å². The van der Waals surface area contributed by atoms with E-state index in [1.165, 1.54) is 16.7 Å². The highest BCUT2D eigenvalue weighted by Gasteiger charge is 2.26. The molecule has 0 fully saturated rings. The van der Waals surface area contributed by atoms with Crippen molar-refractivity contribution >= 4 is 5.97 Å². The first-order valence-corrected chi connectivity index (χ1v) is 13.2. The summed E-state index contributed by atoms with van der Waals surface area (Å²) < 4.78 is 16.7. The van der Waals surface area contributed by atoms with Crippen molar-refractivity contribution in [1.82, 2.24) is 4.90 Å². The summed E-state index contributed by atoms with van der Waals surface area (Å²) in [5.41, 5.74) is 3.62. The van der Waals surface area contributed by atoms with Gasteiger partial charge in [-0.05, 0) is 67.5 Å². The zero-order valence-corrected chi connectivity index (χ0v) is 21.6. The number of nitrogens with zero attached hydrogens (tertiary/aromatic N) is 1. The first-order chi connectivity index (χ1) is 18.1. The summed E-state index contributed by atoms with van der Waals surface area (Å²) in [7, 11) is 0. The highest BCUT2D eigenvalue weighted by molar-refractivity contribution is 5.71. The molecule has 0 saturated heterocycles. The van der Waals surface area contributed by atoms with Crippen molar-refractivity contribution < 1.29 is 24.1 Å². The molecule has 6 nitrogen and oxygen atoms in total. The summed E-state index contributed by atoms with van der Waals surface area (Å²) in [6.07, 6.45) is 3.13. The van der Waals surface area contributed by atoms with Crippen molar-refractivity contribution in [2.75, 3.05) is 26.4 Å². The first-order valence-electron chi connectivity index (χ1n) is 13.2. The molecule has 0 amide bonds. The maximum Gasteiger partial charge on any atom is 0.344 e. The molecule has 1 aliphatic carbocycles. The van der Waals surface area contributed by atoms with Gasteiger partial charge in [0.25, 0.3) is 0 Å². The van der Waals surface area contributed by atoms with Crippen LogP contribution in [0.3, 0.4) is 0 Å². The number of aliphatic hydroxyl groups excluding tert-OH is 1. The topological polar surface area (TPSA) is 68.2 Å². The van der Waals surface area contributed by atoms with Gasteiger partial charge in [-0.1, -0.05) is 60.7 Å². The van der Waals surface area contributed by atoms with E-state index in [0.29, 0.717) is 13.2 Å². The lowest BCUT2D eigenvalue weighted by molar-refractivity contribution is -0.145. The number of carbonyl (C=O) groups excluding carboxylic acids is 1. The van der Waals surface area contributed by atoms with E-state index in [1.54, 1.807) is 6.92 Å². The van der Waals surface area contributed by atoms with E-state index < -0.39 is 6.10 Å². The average molecular weight is 504 g/mol. The van der Waals surface area contributed by atoms with Crippen molar-refractivity contribution in [3.63, 3.8) is 0 Å². The van der Waals surface area contributed by atoms with Crippen molar-refractivity contribution in [2.45, 2.75) is 51.3 Å². The van der Waals surface area contributed by atoms with Crippen LogP contribution in [-0.2, 0) is 28.9 Å². The third-order valence-electron chi connectivity index (χ3n) is 6.68. The minimum atomic E-state index is -0.620. The molecule has 0 bridgehead atoms. The van der Waals surface area contributed by atoms with Gasteiger partial charge in [0, 0.05) is 19.1 Å². The lowest BCUT2D eigenvalue weighted by Gasteiger charge is -2.33. The van der Waals surface area contributed by atoms with Crippen LogP contribution in [0, 0.1) is 0 Å². The Morgan fingerprint density at radius 3 is 2.51 bits per heavy atom. The SMILES string of the molecule is CCOC(=O)COc1cccc2c1CCCC(N(Cc1ccccc1)C[C@H](O)COc1ccccc1)C2. The van der Waals surface area contributed by atoms with Crippen LogP contribution >= 0.6 is 0 Å². The van der Waals surface area contributed by atoms with Crippen molar-refractivity contribution in [3.8, 4) is 11.5 Å². The fourth-order valence-corrected chi connectivity index (χ4v) is 4.94. The third-order valence-corrected chi connectivity index (χ3v) is 6.68. The fraction of sp³-hybridized carbons (Fsp3) is 0.387. The zero-order valence-electron chi connectivity index (χ0n) is 21.6. The predicted molar refractivity (Wildman–Crippen MR) is 144 cm³/mol. The molecule has 4 rings (SSSR count). The quantitative estimate of drug-likeness (QED) is 0.282. The molecule has 196 valence electrons. The number of benzene rings is 3. The molecule has 6 heteroatoms. The molecule has 0 radical (unpaired) electrons. The van der Waals surface area contributed by atoms with E-state index in [4.69, 9.17) is 14.2 Å². The Morgan fingerprint density at radius 1 is 1.00 bits per heavy atom. The minimum Gasteiger partial charge on any atom is -0.491 e. The molecule has 1 N–H and O–H groups in total. The summed E-state index contributed by atoms with van der Waals surface area (Å²) in [6, 6.07) is 26.3.